The van der Waals surface area contributed by atoms with Gasteiger partial charge in [0, 0.05) is 30.4 Å². The first-order valence-corrected chi connectivity index (χ1v) is 11.2. The molecule has 0 atom stereocenters. The SMILES string of the molecule is NS(=O)(=O)c1ccc(CCNC(=O)CCn2cnc3c([nH]c4ccccc43)c2=O)cc1. The third-order valence-corrected chi connectivity index (χ3v) is 5.98. The molecular formula is C21H21N5O4S. The highest BCUT2D eigenvalue weighted by Crippen LogP contribution is 2.20. The molecule has 0 aliphatic heterocycles. The van der Waals surface area contributed by atoms with Gasteiger partial charge in [0.05, 0.1) is 11.2 Å². The first kappa shape index (κ1) is 20.8. The lowest BCUT2D eigenvalue weighted by molar-refractivity contribution is -0.121. The molecule has 2 aromatic carbocycles. The van der Waals surface area contributed by atoms with Crippen molar-refractivity contribution >= 4 is 37.9 Å². The maximum atomic E-state index is 12.7. The number of nitrogens with one attached hydrogen (secondary N) is 2. The van der Waals surface area contributed by atoms with E-state index in [1.165, 1.54) is 23.0 Å². The number of aryl methyl sites for hydroxylation is 1. The topological polar surface area (TPSA) is 140 Å². The van der Waals surface area contributed by atoms with Crippen LogP contribution in [0.5, 0.6) is 0 Å². The fraction of sp³-hybridized carbons (Fsp3) is 0.190. The minimum absolute atomic E-state index is 0.0475. The Labute approximate surface area is 178 Å². The molecule has 0 saturated heterocycles. The number of carbonyl (C=O) groups is 1. The van der Waals surface area contributed by atoms with Gasteiger partial charge in [0.2, 0.25) is 15.9 Å². The molecule has 0 saturated carbocycles. The van der Waals surface area contributed by atoms with Crippen LogP contribution in [0.25, 0.3) is 21.9 Å². The molecule has 1 amide bonds. The summed E-state index contributed by atoms with van der Waals surface area (Å²) in [4.78, 5) is 32.4. The number of hydrogen-bond acceptors (Lipinski definition) is 5. The monoisotopic (exact) mass is 439 g/mol. The van der Waals surface area contributed by atoms with Gasteiger partial charge in [-0.25, -0.2) is 18.5 Å². The minimum Gasteiger partial charge on any atom is -0.356 e. The Morgan fingerprint density at radius 2 is 1.87 bits per heavy atom. The number of nitrogens with zero attached hydrogens (tertiary/aromatic N) is 2. The second kappa shape index (κ2) is 8.32. The summed E-state index contributed by atoms with van der Waals surface area (Å²) in [7, 11) is -3.72. The number of benzene rings is 2. The quantitative estimate of drug-likeness (QED) is 0.398. The van der Waals surface area contributed by atoms with Crippen LogP contribution in [-0.4, -0.2) is 35.4 Å². The van der Waals surface area contributed by atoms with E-state index in [4.69, 9.17) is 5.14 Å². The molecule has 0 aliphatic rings. The third-order valence-electron chi connectivity index (χ3n) is 5.05. The Morgan fingerprint density at radius 1 is 1.13 bits per heavy atom. The molecule has 10 heteroatoms. The number of aromatic nitrogens is 3. The van der Waals surface area contributed by atoms with E-state index >= 15 is 0 Å². The maximum Gasteiger partial charge on any atom is 0.277 e. The van der Waals surface area contributed by atoms with Crippen molar-refractivity contribution in [3.05, 3.63) is 70.8 Å². The van der Waals surface area contributed by atoms with E-state index in [9.17, 15) is 18.0 Å². The zero-order chi connectivity index (χ0) is 22.0. The summed E-state index contributed by atoms with van der Waals surface area (Å²) in [6.07, 6.45) is 2.14. The van der Waals surface area contributed by atoms with Crippen LogP contribution in [0.2, 0.25) is 0 Å². The van der Waals surface area contributed by atoms with Crippen molar-refractivity contribution in [3.63, 3.8) is 0 Å². The first-order chi connectivity index (χ1) is 14.8. The summed E-state index contributed by atoms with van der Waals surface area (Å²) in [6.45, 7) is 0.605. The van der Waals surface area contributed by atoms with Gasteiger partial charge in [0.1, 0.15) is 11.0 Å². The molecule has 0 spiro atoms. The summed E-state index contributed by atoms with van der Waals surface area (Å²) < 4.78 is 24.0. The average Bonchev–Trinajstić information content (AvgIpc) is 3.13. The van der Waals surface area contributed by atoms with Crippen molar-refractivity contribution in [3.8, 4) is 0 Å². The summed E-state index contributed by atoms with van der Waals surface area (Å²) >= 11 is 0. The van der Waals surface area contributed by atoms with E-state index in [1.807, 2.05) is 24.3 Å². The van der Waals surface area contributed by atoms with Gasteiger partial charge in [-0.2, -0.15) is 0 Å². The molecule has 4 aromatic rings. The van der Waals surface area contributed by atoms with Gasteiger partial charge in [-0.15, -0.1) is 0 Å². The van der Waals surface area contributed by atoms with Gasteiger partial charge < -0.3 is 10.3 Å². The van der Waals surface area contributed by atoms with E-state index in [1.54, 1.807) is 12.1 Å². The van der Waals surface area contributed by atoms with Crippen LogP contribution in [0, 0.1) is 0 Å². The Bertz CT molecular complexity index is 1420. The largest absolute Gasteiger partial charge is 0.356 e. The molecule has 0 bridgehead atoms. The number of primary sulfonamides is 1. The van der Waals surface area contributed by atoms with Gasteiger partial charge in [-0.1, -0.05) is 30.3 Å². The minimum atomic E-state index is -3.72. The normalized spacial score (nSPS) is 11.8. The zero-order valence-electron chi connectivity index (χ0n) is 16.5. The predicted octanol–water partition coefficient (Wildman–Crippen LogP) is 1.27. The molecule has 0 fully saturated rings. The summed E-state index contributed by atoms with van der Waals surface area (Å²) in [5, 5.41) is 8.76. The molecule has 2 heterocycles. The van der Waals surface area contributed by atoms with Crippen molar-refractivity contribution < 1.29 is 13.2 Å². The highest BCUT2D eigenvalue weighted by Gasteiger charge is 2.11. The Morgan fingerprint density at radius 3 is 2.61 bits per heavy atom. The van der Waals surface area contributed by atoms with Crippen molar-refractivity contribution in [2.75, 3.05) is 6.54 Å². The van der Waals surface area contributed by atoms with E-state index in [2.05, 4.69) is 15.3 Å². The van der Waals surface area contributed by atoms with Gasteiger partial charge in [0.15, 0.2) is 0 Å². The lowest BCUT2D eigenvalue weighted by atomic mass is 10.1. The van der Waals surface area contributed by atoms with Crippen LogP contribution in [0.4, 0.5) is 0 Å². The van der Waals surface area contributed by atoms with E-state index in [0.29, 0.717) is 24.0 Å². The number of carbonyl (C=O) groups excluding carboxylic acids is 1. The molecule has 4 N–H and O–H groups in total. The van der Waals surface area contributed by atoms with Gasteiger partial charge in [-0.3, -0.25) is 14.2 Å². The molecule has 9 nitrogen and oxygen atoms in total. The number of amides is 1. The smallest absolute Gasteiger partial charge is 0.277 e. The summed E-state index contributed by atoms with van der Waals surface area (Å²) in [5.41, 5.74) is 2.54. The lowest BCUT2D eigenvalue weighted by Gasteiger charge is -2.07. The molecule has 0 radical (unpaired) electrons. The molecular weight excluding hydrogens is 418 g/mol. The number of fused-ring (bicyclic) bond motifs is 3. The second-order valence-corrected chi connectivity index (χ2v) is 8.74. The van der Waals surface area contributed by atoms with Gasteiger partial charge >= 0.3 is 0 Å². The van der Waals surface area contributed by atoms with Crippen LogP contribution in [-0.2, 0) is 27.8 Å². The average molecular weight is 439 g/mol. The fourth-order valence-corrected chi connectivity index (χ4v) is 3.92. The predicted molar refractivity (Wildman–Crippen MR) is 117 cm³/mol. The van der Waals surface area contributed by atoms with Gasteiger partial charge in [0.25, 0.3) is 5.56 Å². The molecule has 31 heavy (non-hydrogen) atoms. The molecule has 2 aromatic heterocycles. The summed E-state index contributed by atoms with van der Waals surface area (Å²) in [6, 6.07) is 13.8. The number of nitrogens with two attached hydrogens (primary N) is 1. The number of sulfonamides is 1. The molecule has 0 aliphatic carbocycles. The number of hydrogen-bond donors (Lipinski definition) is 3. The van der Waals surface area contributed by atoms with Crippen LogP contribution in [0.1, 0.15) is 12.0 Å². The number of rotatable bonds is 7. The van der Waals surface area contributed by atoms with Crippen LogP contribution in [0.3, 0.4) is 0 Å². The first-order valence-electron chi connectivity index (χ1n) is 9.67. The van der Waals surface area contributed by atoms with E-state index in [-0.39, 0.29) is 29.3 Å². The van der Waals surface area contributed by atoms with Crippen molar-refractivity contribution in [1.82, 2.24) is 19.9 Å². The molecule has 160 valence electrons. The van der Waals surface area contributed by atoms with Crippen LogP contribution in [0.15, 0.2) is 64.5 Å². The molecule has 0 unspecified atom stereocenters. The number of aromatic amines is 1. The van der Waals surface area contributed by atoms with E-state index < -0.39 is 10.0 Å². The fourth-order valence-electron chi connectivity index (χ4n) is 3.40. The number of H-pyrrole nitrogens is 1. The third kappa shape index (κ3) is 4.49. The van der Waals surface area contributed by atoms with E-state index in [0.717, 1.165) is 16.5 Å². The second-order valence-electron chi connectivity index (χ2n) is 7.18. The highest BCUT2D eigenvalue weighted by molar-refractivity contribution is 7.89. The van der Waals surface area contributed by atoms with Crippen molar-refractivity contribution in [2.24, 2.45) is 5.14 Å². The molecule has 4 rings (SSSR count). The highest BCUT2D eigenvalue weighted by atomic mass is 32.2. The standard InChI is InChI=1S/C21H21N5O4S/c22-31(29,30)15-7-5-14(6-8-15)9-11-23-18(27)10-12-26-13-24-19-16-3-1-2-4-17(16)25-20(19)21(26)28/h1-8,13,25H,9-12H2,(H,23,27)(H2,22,29,30). The lowest BCUT2D eigenvalue weighted by Crippen LogP contribution is -2.29. The van der Waals surface area contributed by atoms with Crippen molar-refractivity contribution in [2.45, 2.75) is 24.3 Å². The Hall–Kier alpha value is -3.50. The Balaban J connectivity index is 1.33. The zero-order valence-corrected chi connectivity index (χ0v) is 17.4. The van der Waals surface area contributed by atoms with Crippen LogP contribution < -0.4 is 16.0 Å². The van der Waals surface area contributed by atoms with Crippen molar-refractivity contribution in [1.29, 1.82) is 0 Å². The maximum absolute atomic E-state index is 12.7. The van der Waals surface area contributed by atoms with Crippen LogP contribution >= 0.6 is 0 Å². The summed E-state index contributed by atoms with van der Waals surface area (Å²) in [5.74, 6) is -0.190. The van der Waals surface area contributed by atoms with Gasteiger partial charge in [-0.05, 0) is 30.2 Å². The Kier molecular flexibility index (Phi) is 5.57. The number of para-hydroxylation sites is 1.